The zero-order valence-corrected chi connectivity index (χ0v) is 14.7. The van der Waals surface area contributed by atoms with Gasteiger partial charge in [-0.2, -0.15) is 0 Å². The van der Waals surface area contributed by atoms with Crippen LogP contribution in [0, 0.1) is 0 Å². The van der Waals surface area contributed by atoms with Crippen molar-refractivity contribution in [1.29, 1.82) is 0 Å². The van der Waals surface area contributed by atoms with Crippen molar-refractivity contribution in [3.8, 4) is 0 Å². The lowest BCUT2D eigenvalue weighted by Crippen LogP contribution is -2.46. The van der Waals surface area contributed by atoms with Crippen molar-refractivity contribution in [2.45, 2.75) is 23.7 Å². The fraction of sp³-hybridized carbons (Fsp3) is 0.412. The molecule has 0 radical (unpaired) electrons. The Bertz CT molecular complexity index is 857. The predicted octanol–water partition coefficient (Wildman–Crippen LogP) is 1.33. The minimum absolute atomic E-state index is 0.142. The van der Waals surface area contributed by atoms with Crippen LogP contribution in [0.3, 0.4) is 0 Å². The van der Waals surface area contributed by atoms with E-state index in [1.54, 1.807) is 12.1 Å². The zero-order chi connectivity index (χ0) is 17.4. The number of benzene rings is 1. The van der Waals surface area contributed by atoms with Gasteiger partial charge >= 0.3 is 0 Å². The Morgan fingerprint density at radius 2 is 1.60 bits per heavy atom. The van der Waals surface area contributed by atoms with Gasteiger partial charge in [-0.15, -0.1) is 0 Å². The zero-order valence-electron chi connectivity index (χ0n) is 13.9. The summed E-state index contributed by atoms with van der Waals surface area (Å²) < 4.78 is 22.7. The van der Waals surface area contributed by atoms with Crippen LogP contribution < -0.4 is 14.9 Å². The molecular formula is C17H21N5O2S. The maximum atomic E-state index is 11.3. The third kappa shape index (κ3) is 3.59. The Morgan fingerprint density at radius 3 is 2.20 bits per heavy atom. The van der Waals surface area contributed by atoms with Crippen LogP contribution in [0.2, 0.25) is 0 Å². The van der Waals surface area contributed by atoms with E-state index in [9.17, 15) is 8.42 Å². The molecule has 0 atom stereocenters. The van der Waals surface area contributed by atoms with E-state index in [4.69, 9.17) is 10.1 Å². The van der Waals surface area contributed by atoms with Crippen LogP contribution in [-0.2, 0) is 10.0 Å². The van der Waals surface area contributed by atoms with E-state index in [2.05, 4.69) is 14.8 Å². The molecule has 132 valence electrons. The first kappa shape index (κ1) is 16.3. The summed E-state index contributed by atoms with van der Waals surface area (Å²) in [6.07, 6.45) is 4.26. The number of aromatic nitrogens is 2. The summed E-state index contributed by atoms with van der Waals surface area (Å²) in [5.41, 5.74) is 1.01. The largest absolute Gasteiger partial charge is 0.368 e. The molecule has 1 aliphatic carbocycles. The van der Waals surface area contributed by atoms with Crippen LogP contribution in [0.1, 0.15) is 24.6 Å². The third-order valence-electron chi connectivity index (χ3n) is 4.74. The topological polar surface area (TPSA) is 92.4 Å². The van der Waals surface area contributed by atoms with Crippen LogP contribution in [0.15, 0.2) is 41.4 Å². The van der Waals surface area contributed by atoms with Crippen molar-refractivity contribution in [3.63, 3.8) is 0 Å². The number of hydrogen-bond acceptors (Lipinski definition) is 6. The van der Waals surface area contributed by atoms with Crippen LogP contribution in [0.5, 0.6) is 0 Å². The molecule has 0 bridgehead atoms. The Hall–Kier alpha value is -2.19. The average Bonchev–Trinajstić information content (AvgIpc) is 3.47. The van der Waals surface area contributed by atoms with Gasteiger partial charge < -0.3 is 9.80 Å². The highest BCUT2D eigenvalue weighted by atomic mass is 32.2. The maximum absolute atomic E-state index is 11.3. The minimum atomic E-state index is -3.64. The molecule has 2 fully saturated rings. The summed E-state index contributed by atoms with van der Waals surface area (Å²) in [5, 5.41) is 5.15. The number of sulfonamides is 1. The molecule has 1 saturated heterocycles. The van der Waals surface area contributed by atoms with Crippen molar-refractivity contribution < 1.29 is 8.42 Å². The van der Waals surface area contributed by atoms with E-state index in [-0.39, 0.29) is 4.90 Å². The Kier molecular flexibility index (Phi) is 4.09. The van der Waals surface area contributed by atoms with Gasteiger partial charge in [0.05, 0.1) is 4.90 Å². The summed E-state index contributed by atoms with van der Waals surface area (Å²) >= 11 is 0. The van der Waals surface area contributed by atoms with E-state index < -0.39 is 10.0 Å². The fourth-order valence-corrected chi connectivity index (χ4v) is 3.63. The van der Waals surface area contributed by atoms with Gasteiger partial charge in [-0.25, -0.2) is 23.5 Å². The number of anilines is 2. The summed E-state index contributed by atoms with van der Waals surface area (Å²) in [6.45, 7) is 3.46. The molecule has 1 saturated carbocycles. The van der Waals surface area contributed by atoms with Gasteiger partial charge in [-0.3, -0.25) is 0 Å². The van der Waals surface area contributed by atoms with Gasteiger partial charge in [0.25, 0.3) is 0 Å². The van der Waals surface area contributed by atoms with Crippen molar-refractivity contribution in [2.75, 3.05) is 36.0 Å². The van der Waals surface area contributed by atoms with Gasteiger partial charge in [0.2, 0.25) is 10.0 Å². The first-order valence-corrected chi connectivity index (χ1v) is 10.0. The molecule has 0 amide bonds. The lowest BCUT2D eigenvalue weighted by atomic mass is 10.2. The Balaban J connectivity index is 1.42. The first-order chi connectivity index (χ1) is 12.0. The van der Waals surface area contributed by atoms with Gasteiger partial charge in [0, 0.05) is 44.0 Å². The summed E-state index contributed by atoms with van der Waals surface area (Å²) in [4.78, 5) is 13.8. The lowest BCUT2D eigenvalue weighted by Gasteiger charge is -2.36. The first-order valence-electron chi connectivity index (χ1n) is 8.46. The minimum Gasteiger partial charge on any atom is -0.368 e. The van der Waals surface area contributed by atoms with Crippen molar-refractivity contribution in [1.82, 2.24) is 9.97 Å². The average molecular weight is 359 g/mol. The van der Waals surface area contributed by atoms with E-state index >= 15 is 0 Å². The van der Waals surface area contributed by atoms with E-state index in [0.717, 1.165) is 43.5 Å². The number of rotatable bonds is 4. The molecule has 25 heavy (non-hydrogen) atoms. The molecule has 0 unspecified atom stereocenters. The Labute approximate surface area is 147 Å². The highest BCUT2D eigenvalue weighted by Gasteiger charge is 2.27. The SMILES string of the molecule is NS(=O)(=O)c1ccc(N2CCN(c3ccnc(C4CC4)n3)CC2)cc1. The quantitative estimate of drug-likeness (QED) is 0.885. The van der Waals surface area contributed by atoms with Gasteiger partial charge in [-0.1, -0.05) is 0 Å². The molecular weight excluding hydrogens is 338 g/mol. The number of nitrogens with two attached hydrogens (primary N) is 1. The summed E-state index contributed by atoms with van der Waals surface area (Å²) in [7, 11) is -3.64. The molecule has 8 heteroatoms. The van der Waals surface area contributed by atoms with Crippen LogP contribution in [0.4, 0.5) is 11.5 Å². The number of piperazine rings is 1. The molecule has 1 aromatic carbocycles. The molecule has 0 spiro atoms. The fourth-order valence-electron chi connectivity index (χ4n) is 3.12. The molecule has 2 N–H and O–H groups in total. The summed E-state index contributed by atoms with van der Waals surface area (Å²) in [5.74, 6) is 2.53. The van der Waals surface area contributed by atoms with Crippen LogP contribution in [0.25, 0.3) is 0 Å². The highest BCUT2D eigenvalue weighted by molar-refractivity contribution is 7.89. The van der Waals surface area contributed by atoms with Crippen molar-refractivity contribution in [2.24, 2.45) is 5.14 Å². The third-order valence-corrected chi connectivity index (χ3v) is 5.67. The maximum Gasteiger partial charge on any atom is 0.238 e. The molecule has 4 rings (SSSR count). The number of nitrogens with zero attached hydrogens (tertiary/aromatic N) is 4. The van der Waals surface area contributed by atoms with Gasteiger partial charge in [-0.05, 0) is 43.2 Å². The second-order valence-corrected chi connectivity index (χ2v) is 8.12. The predicted molar refractivity (Wildman–Crippen MR) is 96.2 cm³/mol. The van der Waals surface area contributed by atoms with Crippen LogP contribution >= 0.6 is 0 Å². The van der Waals surface area contributed by atoms with Crippen molar-refractivity contribution >= 4 is 21.5 Å². The monoisotopic (exact) mass is 359 g/mol. The number of primary sulfonamides is 1. The van der Waals surface area contributed by atoms with Gasteiger partial charge in [0.15, 0.2) is 0 Å². The molecule has 1 aromatic heterocycles. The van der Waals surface area contributed by atoms with Crippen LogP contribution in [-0.4, -0.2) is 44.6 Å². The number of hydrogen-bond donors (Lipinski definition) is 1. The molecule has 2 aliphatic rings. The smallest absolute Gasteiger partial charge is 0.238 e. The highest BCUT2D eigenvalue weighted by Crippen LogP contribution is 2.38. The van der Waals surface area contributed by atoms with E-state index in [1.165, 1.54) is 12.8 Å². The molecule has 2 aromatic rings. The lowest BCUT2D eigenvalue weighted by molar-refractivity contribution is 0.597. The normalized spacial score (nSPS) is 18.4. The molecule has 2 heterocycles. The van der Waals surface area contributed by atoms with Crippen molar-refractivity contribution in [3.05, 3.63) is 42.4 Å². The van der Waals surface area contributed by atoms with E-state index in [0.29, 0.717) is 5.92 Å². The molecule has 7 nitrogen and oxygen atoms in total. The van der Waals surface area contributed by atoms with Gasteiger partial charge in [0.1, 0.15) is 11.6 Å². The Morgan fingerprint density at radius 1 is 0.960 bits per heavy atom. The summed E-state index contributed by atoms with van der Waals surface area (Å²) in [6, 6.07) is 8.71. The second-order valence-electron chi connectivity index (χ2n) is 6.56. The molecule has 1 aliphatic heterocycles. The second kappa shape index (κ2) is 6.27. The standard InChI is InChI=1S/C17H21N5O2S/c18-25(23,24)15-5-3-14(4-6-15)21-9-11-22(12-10-21)16-7-8-19-17(20-16)13-1-2-13/h3-8,13H,1-2,9-12H2,(H2,18,23,24). The van der Waals surface area contributed by atoms with E-state index in [1.807, 2.05) is 24.4 Å².